The predicted molar refractivity (Wildman–Crippen MR) is 121 cm³/mol. The minimum Gasteiger partial charge on any atom is -0.309 e. The summed E-state index contributed by atoms with van der Waals surface area (Å²) in [4.78, 5) is 37.8. The molecule has 0 aliphatic carbocycles. The standard InChI is InChI=1S/C22H18F2N2O2.C3H6O/c1-25(21(27)15-7-11-17(23)12-8-15)19-5-3-4-6-20(19)26(2)22(28)16-9-13-18(24)14-10-16;1-3(2)4/h3-14H,1-2H3;1-2H3. The normalized spacial score (nSPS) is 9.94. The SMILES string of the molecule is CC(C)=O.CN(C(=O)c1ccc(F)cc1)c1ccccc1N(C)C(=O)c1ccc(F)cc1. The van der Waals surface area contributed by atoms with Crippen LogP contribution in [-0.4, -0.2) is 31.7 Å². The molecular weight excluding hydrogens is 414 g/mol. The molecule has 3 aromatic rings. The quantitative estimate of drug-likeness (QED) is 0.569. The molecule has 0 heterocycles. The number of hydrogen-bond donors (Lipinski definition) is 0. The molecule has 0 saturated carbocycles. The molecule has 0 radical (unpaired) electrons. The molecule has 0 unspecified atom stereocenters. The Morgan fingerprint density at radius 1 is 0.594 bits per heavy atom. The second-order valence-corrected chi connectivity index (χ2v) is 7.14. The van der Waals surface area contributed by atoms with Gasteiger partial charge in [0.05, 0.1) is 11.4 Å². The third kappa shape index (κ3) is 6.31. The highest BCUT2D eigenvalue weighted by Crippen LogP contribution is 2.30. The monoisotopic (exact) mass is 438 g/mol. The fourth-order valence-electron chi connectivity index (χ4n) is 2.82. The molecule has 5 nitrogen and oxygen atoms in total. The number of halogens is 2. The Hall–Kier alpha value is -3.87. The molecule has 2 amide bonds. The molecule has 32 heavy (non-hydrogen) atoms. The Morgan fingerprint density at radius 3 is 1.16 bits per heavy atom. The Kier molecular flexibility index (Phi) is 8.35. The van der Waals surface area contributed by atoms with Crippen LogP contribution in [0.1, 0.15) is 34.6 Å². The van der Waals surface area contributed by atoms with E-state index >= 15 is 0 Å². The summed E-state index contributed by atoms with van der Waals surface area (Å²) in [5.41, 5.74) is 1.67. The van der Waals surface area contributed by atoms with Crippen molar-refractivity contribution >= 4 is 29.0 Å². The Morgan fingerprint density at radius 2 is 0.875 bits per heavy atom. The molecule has 0 aromatic heterocycles. The summed E-state index contributed by atoms with van der Waals surface area (Å²) in [6, 6.07) is 17.4. The minimum atomic E-state index is -0.427. The Balaban J connectivity index is 0.000000837. The van der Waals surface area contributed by atoms with Crippen molar-refractivity contribution < 1.29 is 23.2 Å². The summed E-state index contributed by atoms with van der Waals surface area (Å²) in [6.45, 7) is 3.06. The van der Waals surface area contributed by atoms with Gasteiger partial charge in [-0.3, -0.25) is 9.59 Å². The number of Topliss-reactive ketones (excluding diaryl/α,β-unsaturated/α-hetero) is 1. The van der Waals surface area contributed by atoms with Gasteiger partial charge in [0.25, 0.3) is 11.8 Å². The number of ketones is 1. The number of carbonyl (C=O) groups excluding carboxylic acids is 3. The summed E-state index contributed by atoms with van der Waals surface area (Å²) in [6.07, 6.45) is 0. The van der Waals surface area contributed by atoms with E-state index in [-0.39, 0.29) is 17.6 Å². The second-order valence-electron chi connectivity index (χ2n) is 7.14. The zero-order valence-corrected chi connectivity index (χ0v) is 18.3. The maximum absolute atomic E-state index is 13.1. The zero-order chi connectivity index (χ0) is 23.8. The van der Waals surface area contributed by atoms with E-state index in [1.165, 1.54) is 72.2 Å². The molecular formula is C25H24F2N2O3. The maximum Gasteiger partial charge on any atom is 0.258 e. The highest BCUT2D eigenvalue weighted by molar-refractivity contribution is 6.11. The van der Waals surface area contributed by atoms with Crippen molar-refractivity contribution in [1.82, 2.24) is 0 Å². The lowest BCUT2D eigenvalue weighted by Crippen LogP contribution is -2.31. The van der Waals surface area contributed by atoms with Gasteiger partial charge in [-0.25, -0.2) is 8.78 Å². The first kappa shape index (κ1) is 24.4. The average molecular weight is 438 g/mol. The van der Waals surface area contributed by atoms with Crippen LogP contribution in [0, 0.1) is 11.6 Å². The van der Waals surface area contributed by atoms with Crippen LogP contribution < -0.4 is 9.80 Å². The number of nitrogens with zero attached hydrogens (tertiary/aromatic N) is 2. The minimum absolute atomic E-state index is 0.167. The third-order valence-corrected chi connectivity index (χ3v) is 4.40. The molecule has 0 saturated heterocycles. The van der Waals surface area contributed by atoms with E-state index in [4.69, 9.17) is 0 Å². The largest absolute Gasteiger partial charge is 0.309 e. The van der Waals surface area contributed by atoms with Crippen LogP contribution in [0.15, 0.2) is 72.8 Å². The summed E-state index contributed by atoms with van der Waals surface area (Å²) in [5, 5.41) is 0. The van der Waals surface area contributed by atoms with Crippen molar-refractivity contribution in [1.29, 1.82) is 0 Å². The first-order valence-electron chi connectivity index (χ1n) is 9.75. The second kappa shape index (κ2) is 10.9. The number of rotatable bonds is 4. The molecule has 0 aliphatic heterocycles. The Bertz CT molecular complexity index is 1010. The van der Waals surface area contributed by atoms with Gasteiger partial charge < -0.3 is 14.6 Å². The van der Waals surface area contributed by atoms with Crippen molar-refractivity contribution in [2.75, 3.05) is 23.9 Å². The number of anilines is 2. The fourth-order valence-corrected chi connectivity index (χ4v) is 2.82. The van der Waals surface area contributed by atoms with Crippen molar-refractivity contribution in [2.24, 2.45) is 0 Å². The van der Waals surface area contributed by atoms with Gasteiger partial charge in [-0.05, 0) is 74.5 Å². The molecule has 166 valence electrons. The van der Waals surface area contributed by atoms with Gasteiger partial charge >= 0.3 is 0 Å². The number of carbonyl (C=O) groups is 3. The molecule has 0 atom stereocenters. The van der Waals surface area contributed by atoms with Gasteiger partial charge in [-0.2, -0.15) is 0 Å². The van der Waals surface area contributed by atoms with Crippen molar-refractivity contribution in [3.63, 3.8) is 0 Å². The first-order chi connectivity index (χ1) is 15.1. The van der Waals surface area contributed by atoms with Gasteiger partial charge in [0, 0.05) is 25.2 Å². The number of amides is 2. The highest BCUT2D eigenvalue weighted by atomic mass is 19.1. The van der Waals surface area contributed by atoms with Gasteiger partial charge in [-0.15, -0.1) is 0 Å². The van der Waals surface area contributed by atoms with Gasteiger partial charge in [0.15, 0.2) is 0 Å². The lowest BCUT2D eigenvalue weighted by Gasteiger charge is -2.26. The smallest absolute Gasteiger partial charge is 0.258 e. The average Bonchev–Trinajstić information content (AvgIpc) is 2.78. The molecule has 7 heteroatoms. The number of hydrogen-bond acceptors (Lipinski definition) is 3. The van der Waals surface area contributed by atoms with Crippen LogP contribution in [0.5, 0.6) is 0 Å². The van der Waals surface area contributed by atoms with Crippen LogP contribution in [0.4, 0.5) is 20.2 Å². The summed E-state index contributed by atoms with van der Waals surface area (Å²) >= 11 is 0. The number of para-hydroxylation sites is 2. The zero-order valence-electron chi connectivity index (χ0n) is 18.3. The molecule has 0 spiro atoms. The van der Waals surface area contributed by atoms with Crippen molar-refractivity contribution in [3.05, 3.63) is 95.6 Å². The maximum atomic E-state index is 13.1. The molecule has 0 bridgehead atoms. The van der Waals surface area contributed by atoms with Crippen LogP contribution >= 0.6 is 0 Å². The summed E-state index contributed by atoms with van der Waals surface area (Å²) in [5.74, 6) is -1.36. The van der Waals surface area contributed by atoms with Crippen LogP contribution in [0.2, 0.25) is 0 Å². The topological polar surface area (TPSA) is 57.7 Å². The van der Waals surface area contributed by atoms with Gasteiger partial charge in [0.1, 0.15) is 17.4 Å². The van der Waals surface area contributed by atoms with E-state index in [0.717, 1.165) is 0 Å². The molecule has 0 aliphatic rings. The molecule has 3 rings (SSSR count). The molecule has 3 aromatic carbocycles. The summed E-state index contributed by atoms with van der Waals surface area (Å²) < 4.78 is 26.3. The fraction of sp³-hybridized carbons (Fsp3) is 0.160. The van der Waals surface area contributed by atoms with E-state index in [9.17, 15) is 23.2 Å². The molecule has 0 N–H and O–H groups in total. The van der Waals surface area contributed by atoms with Crippen LogP contribution in [0.3, 0.4) is 0 Å². The van der Waals surface area contributed by atoms with Crippen LogP contribution in [-0.2, 0) is 4.79 Å². The van der Waals surface area contributed by atoms with Gasteiger partial charge in [0.2, 0.25) is 0 Å². The predicted octanol–water partition coefficient (Wildman–Crippen LogP) is 5.11. The molecule has 0 fully saturated rings. The van der Waals surface area contributed by atoms with Gasteiger partial charge in [-0.1, -0.05) is 12.1 Å². The number of benzene rings is 3. The van der Waals surface area contributed by atoms with E-state index in [1.54, 1.807) is 38.4 Å². The van der Waals surface area contributed by atoms with Crippen molar-refractivity contribution in [2.45, 2.75) is 13.8 Å². The van der Waals surface area contributed by atoms with E-state index in [2.05, 4.69) is 0 Å². The first-order valence-corrected chi connectivity index (χ1v) is 9.75. The van der Waals surface area contributed by atoms with E-state index in [1.807, 2.05) is 0 Å². The summed E-state index contributed by atoms with van der Waals surface area (Å²) in [7, 11) is 3.17. The third-order valence-electron chi connectivity index (χ3n) is 4.40. The van der Waals surface area contributed by atoms with E-state index in [0.29, 0.717) is 22.5 Å². The van der Waals surface area contributed by atoms with E-state index < -0.39 is 11.6 Å². The lowest BCUT2D eigenvalue weighted by atomic mass is 10.1. The lowest BCUT2D eigenvalue weighted by molar-refractivity contribution is -0.115. The Labute approximate surface area is 185 Å². The van der Waals surface area contributed by atoms with Crippen molar-refractivity contribution in [3.8, 4) is 0 Å². The van der Waals surface area contributed by atoms with Crippen LogP contribution in [0.25, 0.3) is 0 Å². The highest BCUT2D eigenvalue weighted by Gasteiger charge is 2.21.